The molecular formula is C18H22ClN3. The highest BCUT2D eigenvalue weighted by Gasteiger charge is 2.27. The summed E-state index contributed by atoms with van der Waals surface area (Å²) in [5.74, 6) is 0.649. The van der Waals surface area contributed by atoms with E-state index in [2.05, 4.69) is 22.1 Å². The van der Waals surface area contributed by atoms with Crippen LogP contribution in [-0.4, -0.2) is 16.3 Å². The molecule has 2 aromatic rings. The summed E-state index contributed by atoms with van der Waals surface area (Å²) in [5.41, 5.74) is 5.32. The maximum atomic E-state index is 6.03. The van der Waals surface area contributed by atoms with E-state index in [0.717, 1.165) is 30.2 Å². The lowest BCUT2D eigenvalue weighted by molar-refractivity contribution is 0.432. The largest absolute Gasteiger partial charge is 0.312 e. The van der Waals surface area contributed by atoms with E-state index in [1.807, 2.05) is 12.1 Å². The molecular weight excluding hydrogens is 294 g/mol. The van der Waals surface area contributed by atoms with E-state index in [9.17, 15) is 0 Å². The molecule has 2 aliphatic rings. The molecule has 1 aromatic heterocycles. The molecule has 0 bridgehead atoms. The Morgan fingerprint density at radius 3 is 2.64 bits per heavy atom. The van der Waals surface area contributed by atoms with Crippen molar-refractivity contribution in [2.75, 3.05) is 6.54 Å². The first-order valence-electron chi connectivity index (χ1n) is 8.40. The molecule has 0 amide bonds. The van der Waals surface area contributed by atoms with Gasteiger partial charge in [0, 0.05) is 36.0 Å². The van der Waals surface area contributed by atoms with Crippen LogP contribution in [0.2, 0.25) is 5.02 Å². The van der Waals surface area contributed by atoms with Gasteiger partial charge in [-0.2, -0.15) is 5.10 Å². The maximum absolute atomic E-state index is 6.03. The zero-order valence-corrected chi connectivity index (χ0v) is 13.6. The van der Waals surface area contributed by atoms with Crippen molar-refractivity contribution >= 4 is 11.6 Å². The van der Waals surface area contributed by atoms with Crippen molar-refractivity contribution in [3.05, 3.63) is 46.2 Å². The summed E-state index contributed by atoms with van der Waals surface area (Å²) in [6.07, 6.45) is 7.72. The topological polar surface area (TPSA) is 29.9 Å². The van der Waals surface area contributed by atoms with Crippen LogP contribution < -0.4 is 5.32 Å². The van der Waals surface area contributed by atoms with Crippen LogP contribution in [0.4, 0.5) is 0 Å². The van der Waals surface area contributed by atoms with Gasteiger partial charge in [-0.1, -0.05) is 30.9 Å². The summed E-state index contributed by atoms with van der Waals surface area (Å²) in [6.45, 7) is 2.01. The molecule has 0 saturated heterocycles. The number of benzene rings is 1. The lowest BCUT2D eigenvalue weighted by Crippen LogP contribution is -2.25. The summed E-state index contributed by atoms with van der Waals surface area (Å²) in [6, 6.07) is 8.04. The van der Waals surface area contributed by atoms with Crippen LogP contribution in [-0.2, 0) is 13.0 Å². The molecule has 1 aliphatic carbocycles. The van der Waals surface area contributed by atoms with Gasteiger partial charge in [0.05, 0.1) is 17.1 Å². The Morgan fingerprint density at radius 2 is 1.86 bits per heavy atom. The van der Waals surface area contributed by atoms with E-state index < -0.39 is 0 Å². The minimum absolute atomic E-state index is 0.649. The summed E-state index contributed by atoms with van der Waals surface area (Å²) in [4.78, 5) is 0. The maximum Gasteiger partial charge on any atom is 0.0707 e. The fraction of sp³-hybridized carbons (Fsp3) is 0.500. The van der Waals surface area contributed by atoms with Crippen LogP contribution >= 0.6 is 11.6 Å². The molecule has 116 valence electrons. The molecule has 4 rings (SSSR count). The number of hydrogen-bond donors (Lipinski definition) is 1. The number of nitrogens with zero attached hydrogens (tertiary/aromatic N) is 2. The Labute approximate surface area is 136 Å². The molecule has 1 aliphatic heterocycles. The van der Waals surface area contributed by atoms with Gasteiger partial charge in [0.25, 0.3) is 0 Å². The molecule has 4 heteroatoms. The van der Waals surface area contributed by atoms with Gasteiger partial charge in [0.2, 0.25) is 0 Å². The first-order valence-corrected chi connectivity index (χ1v) is 8.78. The minimum Gasteiger partial charge on any atom is -0.312 e. The zero-order valence-electron chi connectivity index (χ0n) is 12.8. The van der Waals surface area contributed by atoms with E-state index in [4.69, 9.17) is 16.7 Å². The minimum atomic E-state index is 0.649. The smallest absolute Gasteiger partial charge is 0.0707 e. The zero-order chi connectivity index (χ0) is 14.9. The van der Waals surface area contributed by atoms with Crippen molar-refractivity contribution in [1.82, 2.24) is 15.1 Å². The molecule has 0 atom stereocenters. The number of rotatable bonds is 2. The summed E-state index contributed by atoms with van der Waals surface area (Å²) in [5, 5.41) is 9.35. The molecule has 1 saturated carbocycles. The predicted molar refractivity (Wildman–Crippen MR) is 89.8 cm³/mol. The van der Waals surface area contributed by atoms with E-state index in [-0.39, 0.29) is 0 Å². The van der Waals surface area contributed by atoms with E-state index >= 15 is 0 Å². The van der Waals surface area contributed by atoms with Crippen molar-refractivity contribution in [2.24, 2.45) is 0 Å². The lowest BCUT2D eigenvalue weighted by Gasteiger charge is -2.22. The second-order valence-electron chi connectivity index (χ2n) is 6.46. The summed E-state index contributed by atoms with van der Waals surface area (Å²) < 4.78 is 2.16. The predicted octanol–water partition coefficient (Wildman–Crippen LogP) is 4.22. The van der Waals surface area contributed by atoms with Crippen molar-refractivity contribution in [1.29, 1.82) is 0 Å². The Balaban J connectivity index is 1.78. The van der Waals surface area contributed by atoms with Crippen LogP contribution in [0.5, 0.6) is 0 Å². The second-order valence-corrected chi connectivity index (χ2v) is 6.90. The SMILES string of the molecule is Clc1ccc(-n2nc(C3CCCCC3)c3c2CCNC3)cc1. The third kappa shape index (κ3) is 2.57. The van der Waals surface area contributed by atoms with Gasteiger partial charge in [-0.05, 0) is 37.1 Å². The van der Waals surface area contributed by atoms with Crippen molar-refractivity contribution in [2.45, 2.75) is 51.0 Å². The summed E-state index contributed by atoms with van der Waals surface area (Å²) >= 11 is 6.03. The van der Waals surface area contributed by atoms with Crippen LogP contribution in [0.25, 0.3) is 5.69 Å². The monoisotopic (exact) mass is 315 g/mol. The molecule has 0 spiro atoms. The van der Waals surface area contributed by atoms with Gasteiger partial charge in [-0.25, -0.2) is 4.68 Å². The molecule has 1 N–H and O–H groups in total. The Kier molecular flexibility index (Phi) is 3.93. The van der Waals surface area contributed by atoms with Gasteiger partial charge in [-0.15, -0.1) is 0 Å². The average molecular weight is 316 g/mol. The van der Waals surface area contributed by atoms with Crippen LogP contribution in [0.3, 0.4) is 0 Å². The highest BCUT2D eigenvalue weighted by molar-refractivity contribution is 6.30. The third-order valence-electron chi connectivity index (χ3n) is 5.02. The van der Waals surface area contributed by atoms with Crippen LogP contribution in [0.1, 0.15) is 55.0 Å². The van der Waals surface area contributed by atoms with Crippen molar-refractivity contribution in [3.63, 3.8) is 0 Å². The lowest BCUT2D eigenvalue weighted by atomic mass is 9.84. The number of fused-ring (bicyclic) bond motifs is 1. The number of nitrogens with one attached hydrogen (secondary N) is 1. The second kappa shape index (κ2) is 6.05. The van der Waals surface area contributed by atoms with Crippen molar-refractivity contribution in [3.8, 4) is 5.69 Å². The summed E-state index contributed by atoms with van der Waals surface area (Å²) in [7, 11) is 0. The number of hydrogen-bond acceptors (Lipinski definition) is 2. The molecule has 3 nitrogen and oxygen atoms in total. The molecule has 1 fully saturated rings. The molecule has 1 aromatic carbocycles. The Bertz CT molecular complexity index is 654. The normalized spacial score (nSPS) is 19.1. The average Bonchev–Trinajstić information content (AvgIpc) is 2.96. The Morgan fingerprint density at radius 1 is 1.09 bits per heavy atom. The highest BCUT2D eigenvalue weighted by atomic mass is 35.5. The fourth-order valence-corrected chi connectivity index (χ4v) is 4.00. The van der Waals surface area contributed by atoms with Gasteiger partial charge < -0.3 is 5.32 Å². The standard InChI is InChI=1S/C18H22ClN3/c19-14-6-8-15(9-7-14)22-17-10-11-20-12-16(17)18(21-22)13-4-2-1-3-5-13/h6-9,13,20H,1-5,10-12H2. The highest BCUT2D eigenvalue weighted by Crippen LogP contribution is 2.36. The molecule has 0 radical (unpaired) electrons. The van der Waals surface area contributed by atoms with Crippen molar-refractivity contribution < 1.29 is 0 Å². The van der Waals surface area contributed by atoms with Crippen LogP contribution in [0, 0.1) is 0 Å². The molecule has 0 unspecified atom stereocenters. The number of aromatic nitrogens is 2. The van der Waals surface area contributed by atoms with Gasteiger partial charge in [0.1, 0.15) is 0 Å². The van der Waals surface area contributed by atoms with Gasteiger partial charge in [-0.3, -0.25) is 0 Å². The Hall–Kier alpha value is -1.32. The van der Waals surface area contributed by atoms with E-state index in [0.29, 0.717) is 5.92 Å². The fourth-order valence-electron chi connectivity index (χ4n) is 3.87. The molecule has 2 heterocycles. The van der Waals surface area contributed by atoms with E-state index in [1.165, 1.54) is 49.1 Å². The first-order chi connectivity index (χ1) is 10.8. The van der Waals surface area contributed by atoms with E-state index in [1.54, 1.807) is 0 Å². The molecule has 22 heavy (non-hydrogen) atoms. The first kappa shape index (κ1) is 14.3. The van der Waals surface area contributed by atoms with Gasteiger partial charge >= 0.3 is 0 Å². The third-order valence-corrected chi connectivity index (χ3v) is 5.28. The number of halogens is 1. The quantitative estimate of drug-likeness (QED) is 0.899. The van der Waals surface area contributed by atoms with Gasteiger partial charge in [0.15, 0.2) is 0 Å². The van der Waals surface area contributed by atoms with Crippen LogP contribution in [0.15, 0.2) is 24.3 Å².